The van der Waals surface area contributed by atoms with Crippen molar-refractivity contribution in [3.63, 3.8) is 0 Å². The molecule has 0 atom stereocenters. The van der Waals surface area contributed by atoms with E-state index in [9.17, 15) is 19.2 Å². The summed E-state index contributed by atoms with van der Waals surface area (Å²) in [4.78, 5) is 51.1. The fourth-order valence-electron chi connectivity index (χ4n) is 6.40. The summed E-state index contributed by atoms with van der Waals surface area (Å²) < 4.78 is 33.3. The van der Waals surface area contributed by atoms with E-state index >= 15 is 0 Å². The molecule has 14 heteroatoms. The quantitative estimate of drug-likeness (QED) is 0.0226. The summed E-state index contributed by atoms with van der Waals surface area (Å²) in [5.74, 6) is -0.519. The number of ether oxygens (including phenoxy) is 6. The number of esters is 4. The van der Waals surface area contributed by atoms with E-state index in [4.69, 9.17) is 50.4 Å². The van der Waals surface area contributed by atoms with Crippen LogP contribution in [0.1, 0.15) is 68.7 Å². The number of nitrogens with two attached hydrogens (primary N) is 2. The predicted octanol–water partition coefficient (Wildman–Crippen LogP) is 9.83. The topological polar surface area (TPSA) is 223 Å². The molecule has 68 heavy (non-hydrogen) atoms. The summed E-state index contributed by atoms with van der Waals surface area (Å²) in [6.45, 7) is 0.568. The van der Waals surface area contributed by atoms with Crippen LogP contribution < -0.4 is 30.4 Å². The van der Waals surface area contributed by atoms with Gasteiger partial charge >= 0.3 is 23.9 Å². The first kappa shape index (κ1) is 48.3. The molecule has 6 rings (SSSR count). The van der Waals surface area contributed by atoms with E-state index in [-0.39, 0.29) is 13.2 Å². The number of hydrogen-bond acceptors (Lipinski definition) is 14. The first-order valence-electron chi connectivity index (χ1n) is 21.4. The summed E-state index contributed by atoms with van der Waals surface area (Å²) >= 11 is 0. The lowest BCUT2D eigenvalue weighted by atomic mass is 9.95. The van der Waals surface area contributed by atoms with Gasteiger partial charge in [-0.15, -0.1) is 0 Å². The fraction of sp³-hybridized carbons (Fsp3) is 0.148. The van der Waals surface area contributed by atoms with Gasteiger partial charge in [-0.05, 0) is 155 Å². The summed E-state index contributed by atoms with van der Waals surface area (Å²) in [6, 6.07) is 40.7. The number of rotatable bonds is 21. The molecule has 0 radical (unpaired) electrons. The minimum absolute atomic E-state index is 0.120. The van der Waals surface area contributed by atoms with Crippen molar-refractivity contribution >= 4 is 47.4 Å². The highest BCUT2D eigenvalue weighted by Gasteiger charge is 2.15. The van der Waals surface area contributed by atoms with Gasteiger partial charge in [-0.1, -0.05) is 36.4 Å². The average Bonchev–Trinajstić information content (AvgIpc) is 3.35. The molecular weight excluding hydrogens is 865 g/mol. The van der Waals surface area contributed by atoms with Gasteiger partial charge in [-0.25, -0.2) is 19.2 Å². The number of carbonyl (C=O) groups is 4. The lowest BCUT2D eigenvalue weighted by Crippen LogP contribution is -2.08. The largest absolute Gasteiger partial charge is 0.494 e. The van der Waals surface area contributed by atoms with E-state index in [1.54, 1.807) is 146 Å². The van der Waals surface area contributed by atoms with Crippen molar-refractivity contribution in [1.82, 2.24) is 0 Å². The van der Waals surface area contributed by atoms with Gasteiger partial charge in [0.2, 0.25) is 0 Å². The van der Waals surface area contributed by atoms with E-state index in [1.807, 2.05) is 0 Å². The molecule has 0 spiro atoms. The number of benzene rings is 6. The zero-order valence-corrected chi connectivity index (χ0v) is 36.8. The van der Waals surface area contributed by atoms with Crippen molar-refractivity contribution in [3.05, 3.63) is 179 Å². The van der Waals surface area contributed by atoms with Gasteiger partial charge in [0, 0.05) is 36.4 Å². The Morgan fingerprint density at radius 2 is 0.853 bits per heavy atom. The number of nitrogen functional groups attached to an aromatic ring is 2. The molecule has 6 aromatic carbocycles. The van der Waals surface area contributed by atoms with E-state index in [1.165, 1.54) is 12.2 Å². The highest BCUT2D eigenvalue weighted by Crippen LogP contribution is 2.32. The Balaban J connectivity index is 0.990. The first-order chi connectivity index (χ1) is 33.1. The van der Waals surface area contributed by atoms with Crippen molar-refractivity contribution in [2.75, 3.05) is 24.7 Å². The number of unbranched alkanes of at least 4 members (excludes halogenated alkanes) is 2. The molecule has 0 aliphatic heterocycles. The van der Waals surface area contributed by atoms with Gasteiger partial charge in [0.1, 0.15) is 36.2 Å². The van der Waals surface area contributed by atoms with Gasteiger partial charge in [0.05, 0.1) is 36.5 Å². The molecule has 0 saturated carbocycles. The Kier molecular flexibility index (Phi) is 17.6. The third-order valence-corrected chi connectivity index (χ3v) is 9.88. The van der Waals surface area contributed by atoms with E-state index in [0.29, 0.717) is 118 Å². The molecule has 0 aromatic heterocycles. The zero-order valence-electron chi connectivity index (χ0n) is 36.8. The molecule has 0 aliphatic carbocycles. The Bertz CT molecular complexity index is 2650. The molecule has 4 N–H and O–H groups in total. The van der Waals surface area contributed by atoms with Crippen LogP contribution in [0.3, 0.4) is 0 Å². The molecule has 14 nitrogen and oxygen atoms in total. The number of anilines is 2. The van der Waals surface area contributed by atoms with Crippen molar-refractivity contribution in [2.45, 2.75) is 38.9 Å². The molecule has 0 unspecified atom stereocenters. The monoisotopic (exact) mass is 910 g/mol. The average molecular weight is 911 g/mol. The molecule has 0 aliphatic rings. The van der Waals surface area contributed by atoms with Crippen molar-refractivity contribution in [2.24, 2.45) is 0 Å². The SMILES string of the molecule is N#CCCCOc1ccc(C(=O)Oc2ccc(C=CC(=O)OCc3cc(N)ccc3-c3ccc(N)cc3COC(=O)C=Cc3ccc(OC(=O)c4ccc(OCCCC#N)cc4)cc3)cc2)cc1. The predicted molar refractivity (Wildman–Crippen MR) is 255 cm³/mol. The van der Waals surface area contributed by atoms with Gasteiger partial charge < -0.3 is 39.9 Å². The van der Waals surface area contributed by atoms with Crippen molar-refractivity contribution in [1.29, 1.82) is 10.5 Å². The molecule has 0 heterocycles. The van der Waals surface area contributed by atoms with Crippen LogP contribution in [-0.2, 0) is 32.3 Å². The summed E-state index contributed by atoms with van der Waals surface area (Å²) in [7, 11) is 0. The second-order valence-corrected chi connectivity index (χ2v) is 14.9. The number of nitrogens with zero attached hydrogens (tertiary/aromatic N) is 2. The maximum atomic E-state index is 12.9. The third-order valence-electron chi connectivity index (χ3n) is 9.88. The number of hydrogen-bond donors (Lipinski definition) is 2. The maximum absolute atomic E-state index is 12.9. The molecule has 0 bridgehead atoms. The third kappa shape index (κ3) is 15.0. The van der Waals surface area contributed by atoms with Gasteiger partial charge in [0.15, 0.2) is 0 Å². The maximum Gasteiger partial charge on any atom is 0.343 e. The van der Waals surface area contributed by atoms with Crippen LogP contribution in [0.4, 0.5) is 11.4 Å². The zero-order chi connectivity index (χ0) is 48.1. The minimum atomic E-state index is -0.613. The Morgan fingerprint density at radius 3 is 1.22 bits per heavy atom. The van der Waals surface area contributed by atoms with Crippen molar-refractivity contribution < 1.29 is 47.6 Å². The molecule has 6 aromatic rings. The molecule has 0 amide bonds. The van der Waals surface area contributed by atoms with E-state index in [0.717, 1.165) is 0 Å². The lowest BCUT2D eigenvalue weighted by Gasteiger charge is -2.15. The highest BCUT2D eigenvalue weighted by molar-refractivity contribution is 5.92. The molecule has 0 saturated heterocycles. The fourth-order valence-corrected chi connectivity index (χ4v) is 6.40. The van der Waals surface area contributed by atoms with Crippen LogP contribution in [-0.4, -0.2) is 37.1 Å². The van der Waals surface area contributed by atoms with Crippen LogP contribution in [0.15, 0.2) is 146 Å². The normalized spacial score (nSPS) is 10.7. The van der Waals surface area contributed by atoms with Gasteiger partial charge in [-0.3, -0.25) is 0 Å². The Morgan fingerprint density at radius 1 is 0.485 bits per heavy atom. The number of nitriles is 2. The molecule has 342 valence electrons. The smallest absolute Gasteiger partial charge is 0.343 e. The van der Waals surface area contributed by atoms with E-state index < -0.39 is 23.9 Å². The van der Waals surface area contributed by atoms with Crippen LogP contribution in [0.5, 0.6) is 23.0 Å². The molecule has 0 fully saturated rings. The molecular formula is C54H46N4O10. The van der Waals surface area contributed by atoms with Crippen LogP contribution in [0, 0.1) is 22.7 Å². The van der Waals surface area contributed by atoms with Crippen LogP contribution in [0.25, 0.3) is 23.3 Å². The van der Waals surface area contributed by atoms with Crippen LogP contribution >= 0.6 is 0 Å². The Hall–Kier alpha value is -9.14. The summed E-state index contributed by atoms with van der Waals surface area (Å²) in [5.41, 5.74) is 17.8. The van der Waals surface area contributed by atoms with Crippen LogP contribution in [0.2, 0.25) is 0 Å². The Labute approximate surface area is 393 Å². The standard InChI is InChI=1S/C54H46N4O10/c55-29-1-3-31-63-45-21-11-39(12-22-45)53(61)67-47-17-5-37(6-18-47)9-27-51(59)65-35-41-33-43(57)15-25-49(41)50-26-16-44(58)34-42(50)36-66-52(60)28-10-38-7-19-48(20-8-38)68-54(62)40-13-23-46(24-14-40)64-32-4-2-30-56/h5-28,33-34H,1-4,31-32,35-36,57-58H2. The number of carbonyl (C=O) groups excluding carboxylic acids is 4. The highest BCUT2D eigenvalue weighted by atomic mass is 16.5. The summed E-state index contributed by atoms with van der Waals surface area (Å²) in [5, 5.41) is 17.3. The first-order valence-corrected chi connectivity index (χ1v) is 21.4. The second kappa shape index (κ2) is 24.8. The van der Waals surface area contributed by atoms with Gasteiger partial charge in [-0.2, -0.15) is 10.5 Å². The van der Waals surface area contributed by atoms with Crippen molar-refractivity contribution in [3.8, 4) is 46.3 Å². The van der Waals surface area contributed by atoms with Gasteiger partial charge in [0.25, 0.3) is 0 Å². The summed E-state index contributed by atoms with van der Waals surface area (Å²) in [6.07, 6.45) is 7.73. The van der Waals surface area contributed by atoms with E-state index in [2.05, 4.69) is 12.1 Å². The minimum Gasteiger partial charge on any atom is -0.494 e. The second-order valence-electron chi connectivity index (χ2n) is 14.9. The lowest BCUT2D eigenvalue weighted by molar-refractivity contribution is -0.139.